The molecule has 1 amide bonds. The van der Waals surface area contributed by atoms with Crippen LogP contribution in [0.1, 0.15) is 32.6 Å². The molecule has 0 aromatic carbocycles. The number of hydrogen-bond acceptors (Lipinski definition) is 3. The van der Waals surface area contributed by atoms with Gasteiger partial charge in [0.25, 0.3) is 5.91 Å². The highest BCUT2D eigenvalue weighted by Crippen LogP contribution is 2.25. The van der Waals surface area contributed by atoms with Gasteiger partial charge in [-0.05, 0) is 31.6 Å². The van der Waals surface area contributed by atoms with Crippen LogP contribution in [0, 0.1) is 5.92 Å². The number of nitrogens with zero attached hydrogens (tertiary/aromatic N) is 1. The topological polar surface area (TPSA) is 41.6 Å². The van der Waals surface area contributed by atoms with Gasteiger partial charge in [-0.15, -0.1) is 0 Å². The number of likely N-dealkylation sites (tertiary alicyclic amines) is 1. The van der Waals surface area contributed by atoms with Crippen molar-refractivity contribution in [2.75, 3.05) is 19.7 Å². The summed E-state index contributed by atoms with van der Waals surface area (Å²) in [6.07, 6.45) is 4.45. The van der Waals surface area contributed by atoms with Gasteiger partial charge >= 0.3 is 0 Å². The molecule has 3 saturated heterocycles. The number of carbonyl (C=O) groups is 1. The Bertz CT molecular complexity index is 308. The maximum absolute atomic E-state index is 12.4. The van der Waals surface area contributed by atoms with E-state index in [4.69, 9.17) is 4.74 Å². The van der Waals surface area contributed by atoms with Crippen molar-refractivity contribution in [2.24, 2.45) is 5.92 Å². The summed E-state index contributed by atoms with van der Waals surface area (Å²) in [6.45, 7) is 4.65. The van der Waals surface area contributed by atoms with Gasteiger partial charge in [0, 0.05) is 31.8 Å². The summed E-state index contributed by atoms with van der Waals surface area (Å²) < 4.78 is 5.59. The van der Waals surface area contributed by atoms with Crippen LogP contribution < -0.4 is 5.32 Å². The van der Waals surface area contributed by atoms with Crippen LogP contribution in [0.15, 0.2) is 0 Å². The van der Waals surface area contributed by atoms with Crippen LogP contribution in [0.4, 0.5) is 0 Å². The van der Waals surface area contributed by atoms with E-state index in [2.05, 4.69) is 12.2 Å². The Labute approximate surface area is 103 Å². The highest BCUT2D eigenvalue weighted by atomic mass is 16.5. The third-order valence-corrected chi connectivity index (χ3v) is 4.47. The molecule has 96 valence electrons. The van der Waals surface area contributed by atoms with Gasteiger partial charge in [-0.1, -0.05) is 6.92 Å². The number of carbonyl (C=O) groups excluding carboxylic acids is 1. The predicted molar refractivity (Wildman–Crippen MR) is 64.7 cm³/mol. The molecule has 2 bridgehead atoms. The van der Waals surface area contributed by atoms with Crippen molar-refractivity contribution in [3.8, 4) is 0 Å². The zero-order valence-corrected chi connectivity index (χ0v) is 10.5. The number of ether oxygens (including phenoxy) is 1. The van der Waals surface area contributed by atoms with Gasteiger partial charge in [0.1, 0.15) is 6.10 Å². The highest BCUT2D eigenvalue weighted by Gasteiger charge is 2.37. The van der Waals surface area contributed by atoms with Gasteiger partial charge in [-0.2, -0.15) is 0 Å². The second-order valence-electron chi connectivity index (χ2n) is 5.77. The minimum atomic E-state index is -0.174. The molecule has 4 atom stereocenters. The average Bonchev–Trinajstić information content (AvgIpc) is 2.84. The molecule has 3 heterocycles. The van der Waals surface area contributed by atoms with Crippen LogP contribution in [-0.4, -0.2) is 48.7 Å². The third kappa shape index (κ3) is 2.20. The highest BCUT2D eigenvalue weighted by molar-refractivity contribution is 5.81. The number of fused-ring (bicyclic) bond motifs is 2. The molecular formula is C13H22N2O2. The van der Waals surface area contributed by atoms with Gasteiger partial charge in [-0.25, -0.2) is 0 Å². The molecule has 3 aliphatic heterocycles. The standard InChI is InChI=1S/C13H22N2O2/c1-9-5-7-17-12(9)13(16)15-6-4-10-2-3-11(8-15)14-10/h9-12,14H,2-8H2,1H3. The molecule has 0 spiro atoms. The van der Waals surface area contributed by atoms with E-state index >= 15 is 0 Å². The first kappa shape index (κ1) is 11.5. The Morgan fingerprint density at radius 1 is 1.24 bits per heavy atom. The zero-order chi connectivity index (χ0) is 11.8. The lowest BCUT2D eigenvalue weighted by Crippen LogP contribution is -2.45. The molecule has 0 aromatic rings. The van der Waals surface area contributed by atoms with Crippen molar-refractivity contribution >= 4 is 5.91 Å². The summed E-state index contributed by atoms with van der Waals surface area (Å²) in [6, 6.07) is 1.16. The minimum Gasteiger partial charge on any atom is -0.368 e. The molecule has 0 aliphatic carbocycles. The minimum absolute atomic E-state index is 0.174. The van der Waals surface area contributed by atoms with Crippen LogP contribution in [0.3, 0.4) is 0 Å². The van der Waals surface area contributed by atoms with Crippen molar-refractivity contribution in [3.05, 3.63) is 0 Å². The lowest BCUT2D eigenvalue weighted by Gasteiger charge is -2.28. The Hall–Kier alpha value is -0.610. The Balaban J connectivity index is 1.65. The molecule has 4 heteroatoms. The summed E-state index contributed by atoms with van der Waals surface area (Å²) >= 11 is 0. The number of amides is 1. The first-order valence-corrected chi connectivity index (χ1v) is 6.90. The monoisotopic (exact) mass is 238 g/mol. The van der Waals surface area contributed by atoms with Crippen molar-refractivity contribution in [3.63, 3.8) is 0 Å². The van der Waals surface area contributed by atoms with E-state index in [9.17, 15) is 4.79 Å². The molecule has 3 fully saturated rings. The van der Waals surface area contributed by atoms with E-state index in [0.29, 0.717) is 18.0 Å². The van der Waals surface area contributed by atoms with E-state index in [0.717, 1.165) is 32.5 Å². The van der Waals surface area contributed by atoms with Crippen molar-refractivity contribution < 1.29 is 9.53 Å². The van der Waals surface area contributed by atoms with E-state index in [1.165, 1.54) is 12.8 Å². The Morgan fingerprint density at radius 3 is 2.82 bits per heavy atom. The molecule has 3 aliphatic rings. The number of hydrogen-bond donors (Lipinski definition) is 1. The summed E-state index contributed by atoms with van der Waals surface area (Å²) in [5, 5.41) is 3.60. The fourth-order valence-corrected chi connectivity index (χ4v) is 3.33. The maximum Gasteiger partial charge on any atom is 0.252 e. The van der Waals surface area contributed by atoms with E-state index < -0.39 is 0 Å². The molecule has 0 aromatic heterocycles. The first-order chi connectivity index (χ1) is 8.24. The van der Waals surface area contributed by atoms with Crippen molar-refractivity contribution in [1.82, 2.24) is 10.2 Å². The summed E-state index contributed by atoms with van der Waals surface area (Å²) in [5.41, 5.74) is 0. The average molecular weight is 238 g/mol. The van der Waals surface area contributed by atoms with E-state index in [1.54, 1.807) is 0 Å². The SMILES string of the molecule is CC1CCOC1C(=O)N1CCC2CCC(C1)N2. The Morgan fingerprint density at radius 2 is 2.06 bits per heavy atom. The lowest BCUT2D eigenvalue weighted by atomic mass is 10.0. The van der Waals surface area contributed by atoms with Crippen molar-refractivity contribution in [2.45, 2.75) is 50.8 Å². The van der Waals surface area contributed by atoms with Crippen molar-refractivity contribution in [1.29, 1.82) is 0 Å². The second kappa shape index (κ2) is 4.58. The molecule has 17 heavy (non-hydrogen) atoms. The van der Waals surface area contributed by atoms with Crippen LogP contribution in [0.5, 0.6) is 0 Å². The second-order valence-corrected chi connectivity index (χ2v) is 5.77. The largest absolute Gasteiger partial charge is 0.368 e. The van der Waals surface area contributed by atoms with Crippen LogP contribution >= 0.6 is 0 Å². The van der Waals surface area contributed by atoms with E-state index in [1.807, 2.05) is 4.90 Å². The normalized spacial score (nSPS) is 41.6. The molecule has 4 unspecified atom stereocenters. The molecule has 3 rings (SSSR count). The summed E-state index contributed by atoms with van der Waals surface area (Å²) in [5.74, 6) is 0.611. The predicted octanol–water partition coefficient (Wildman–Crippen LogP) is 0.764. The summed E-state index contributed by atoms with van der Waals surface area (Å²) in [4.78, 5) is 14.4. The first-order valence-electron chi connectivity index (χ1n) is 6.90. The number of rotatable bonds is 1. The van der Waals surface area contributed by atoms with Gasteiger partial charge in [0.15, 0.2) is 0 Å². The van der Waals surface area contributed by atoms with Gasteiger partial charge < -0.3 is 15.0 Å². The molecular weight excluding hydrogens is 216 g/mol. The molecule has 4 nitrogen and oxygen atoms in total. The van der Waals surface area contributed by atoms with Gasteiger partial charge in [-0.3, -0.25) is 4.79 Å². The lowest BCUT2D eigenvalue weighted by molar-refractivity contribution is -0.142. The maximum atomic E-state index is 12.4. The van der Waals surface area contributed by atoms with Crippen LogP contribution in [-0.2, 0) is 9.53 Å². The molecule has 1 N–H and O–H groups in total. The molecule has 0 radical (unpaired) electrons. The van der Waals surface area contributed by atoms with E-state index in [-0.39, 0.29) is 12.0 Å². The van der Waals surface area contributed by atoms with Crippen LogP contribution in [0.25, 0.3) is 0 Å². The fourth-order valence-electron chi connectivity index (χ4n) is 3.33. The van der Waals surface area contributed by atoms with Gasteiger partial charge in [0.2, 0.25) is 0 Å². The van der Waals surface area contributed by atoms with Crippen LogP contribution in [0.2, 0.25) is 0 Å². The third-order valence-electron chi connectivity index (χ3n) is 4.47. The number of nitrogens with one attached hydrogen (secondary N) is 1. The fraction of sp³-hybridized carbons (Fsp3) is 0.923. The summed E-state index contributed by atoms with van der Waals surface area (Å²) in [7, 11) is 0. The zero-order valence-electron chi connectivity index (χ0n) is 10.5. The smallest absolute Gasteiger partial charge is 0.252 e. The quantitative estimate of drug-likeness (QED) is 0.733. The Kier molecular flexibility index (Phi) is 3.09. The molecule has 0 saturated carbocycles. The van der Waals surface area contributed by atoms with Gasteiger partial charge in [0.05, 0.1) is 0 Å².